The van der Waals surface area contributed by atoms with Gasteiger partial charge in [-0.2, -0.15) is 0 Å². The predicted molar refractivity (Wildman–Crippen MR) is 66.9 cm³/mol. The van der Waals surface area contributed by atoms with E-state index in [-0.39, 0.29) is 0 Å². The van der Waals surface area contributed by atoms with Gasteiger partial charge in [-0.25, -0.2) is 0 Å². The summed E-state index contributed by atoms with van der Waals surface area (Å²) in [6, 6.07) is 3.64. The Hall–Kier alpha value is -1.50. The molecule has 0 unspecified atom stereocenters. The standard InChI is InChI=1S/C14H18O/c1-6-11-13(15)8-7-12(9(2)3)14(11)10(4)5/h7-8,15H,2,4,6H2,1,3,5H3. The zero-order chi connectivity index (χ0) is 11.6. The Balaban J connectivity index is 3.56. The summed E-state index contributed by atoms with van der Waals surface area (Å²) >= 11 is 0. The molecule has 0 atom stereocenters. The van der Waals surface area contributed by atoms with Gasteiger partial charge in [-0.3, -0.25) is 0 Å². The topological polar surface area (TPSA) is 20.2 Å². The van der Waals surface area contributed by atoms with Crippen LogP contribution in [0.2, 0.25) is 0 Å². The smallest absolute Gasteiger partial charge is 0.119 e. The molecule has 1 nitrogen and oxygen atoms in total. The van der Waals surface area contributed by atoms with E-state index in [1.165, 1.54) is 0 Å². The van der Waals surface area contributed by atoms with E-state index in [4.69, 9.17) is 0 Å². The number of rotatable bonds is 3. The third-order valence-electron chi connectivity index (χ3n) is 2.53. The molecular weight excluding hydrogens is 184 g/mol. The highest BCUT2D eigenvalue weighted by atomic mass is 16.3. The van der Waals surface area contributed by atoms with E-state index in [9.17, 15) is 5.11 Å². The first-order chi connectivity index (χ1) is 6.99. The van der Waals surface area contributed by atoms with Gasteiger partial charge in [0.25, 0.3) is 0 Å². The van der Waals surface area contributed by atoms with Gasteiger partial charge in [-0.1, -0.05) is 37.3 Å². The van der Waals surface area contributed by atoms with E-state index in [2.05, 4.69) is 13.2 Å². The minimum absolute atomic E-state index is 0.348. The van der Waals surface area contributed by atoms with E-state index in [1.807, 2.05) is 26.8 Å². The van der Waals surface area contributed by atoms with Gasteiger partial charge in [0.1, 0.15) is 5.75 Å². The highest BCUT2D eigenvalue weighted by Gasteiger charge is 2.12. The zero-order valence-corrected chi connectivity index (χ0v) is 9.72. The van der Waals surface area contributed by atoms with E-state index < -0.39 is 0 Å². The van der Waals surface area contributed by atoms with Crippen LogP contribution in [0.4, 0.5) is 0 Å². The second-order valence-electron chi connectivity index (χ2n) is 3.90. The maximum atomic E-state index is 9.78. The molecule has 1 aromatic rings. The van der Waals surface area contributed by atoms with Gasteiger partial charge in [0, 0.05) is 5.56 Å². The Morgan fingerprint density at radius 1 is 1.20 bits per heavy atom. The molecular formula is C14H18O. The molecule has 0 saturated carbocycles. The molecule has 1 heteroatoms. The number of phenols is 1. The quantitative estimate of drug-likeness (QED) is 0.784. The molecule has 0 spiro atoms. The van der Waals surface area contributed by atoms with Crippen molar-refractivity contribution in [3.8, 4) is 5.75 Å². The number of phenolic OH excluding ortho intramolecular Hbond substituents is 1. The summed E-state index contributed by atoms with van der Waals surface area (Å²) < 4.78 is 0. The van der Waals surface area contributed by atoms with Gasteiger partial charge >= 0.3 is 0 Å². The van der Waals surface area contributed by atoms with Crippen LogP contribution in [0.25, 0.3) is 11.1 Å². The summed E-state index contributed by atoms with van der Waals surface area (Å²) in [6.45, 7) is 13.9. The van der Waals surface area contributed by atoms with Gasteiger partial charge in [0.2, 0.25) is 0 Å². The summed E-state index contributed by atoms with van der Waals surface area (Å²) in [5.41, 5.74) is 5.06. The Bertz CT molecular complexity index is 414. The molecule has 0 aliphatic rings. The largest absolute Gasteiger partial charge is 0.508 e. The fourth-order valence-corrected chi connectivity index (χ4v) is 1.84. The monoisotopic (exact) mass is 202 g/mol. The van der Waals surface area contributed by atoms with Crippen molar-refractivity contribution in [1.29, 1.82) is 0 Å². The second kappa shape index (κ2) is 4.35. The van der Waals surface area contributed by atoms with Crippen molar-refractivity contribution in [2.75, 3.05) is 0 Å². The number of hydrogen-bond acceptors (Lipinski definition) is 1. The molecule has 0 heterocycles. The van der Waals surface area contributed by atoms with E-state index in [0.717, 1.165) is 34.3 Å². The molecule has 15 heavy (non-hydrogen) atoms. The Morgan fingerprint density at radius 2 is 1.80 bits per heavy atom. The number of benzene rings is 1. The fourth-order valence-electron chi connectivity index (χ4n) is 1.84. The molecule has 0 aliphatic carbocycles. The van der Waals surface area contributed by atoms with E-state index in [0.29, 0.717) is 5.75 Å². The minimum atomic E-state index is 0.348. The normalized spacial score (nSPS) is 10.1. The summed E-state index contributed by atoms with van der Waals surface area (Å²) in [7, 11) is 0. The molecule has 1 aromatic carbocycles. The molecule has 1 N–H and O–H groups in total. The first kappa shape index (κ1) is 11.6. The molecule has 0 amide bonds. The van der Waals surface area contributed by atoms with E-state index in [1.54, 1.807) is 6.07 Å². The number of aromatic hydroxyl groups is 1. The van der Waals surface area contributed by atoms with Crippen molar-refractivity contribution in [3.63, 3.8) is 0 Å². The fraction of sp³-hybridized carbons (Fsp3) is 0.286. The Labute approximate surface area is 91.8 Å². The maximum absolute atomic E-state index is 9.78. The van der Waals surface area contributed by atoms with Crippen LogP contribution >= 0.6 is 0 Å². The summed E-state index contributed by atoms with van der Waals surface area (Å²) in [5.74, 6) is 0.348. The molecule has 1 rings (SSSR count). The van der Waals surface area contributed by atoms with Crippen molar-refractivity contribution in [1.82, 2.24) is 0 Å². The third-order valence-corrected chi connectivity index (χ3v) is 2.53. The average Bonchev–Trinajstić information content (AvgIpc) is 2.16. The second-order valence-corrected chi connectivity index (χ2v) is 3.90. The van der Waals surface area contributed by atoms with Crippen molar-refractivity contribution < 1.29 is 5.11 Å². The number of hydrogen-bond donors (Lipinski definition) is 1. The van der Waals surface area contributed by atoms with Gasteiger partial charge < -0.3 is 5.11 Å². The van der Waals surface area contributed by atoms with Gasteiger partial charge in [0.15, 0.2) is 0 Å². The van der Waals surface area contributed by atoms with Crippen LogP contribution in [0.3, 0.4) is 0 Å². The SMILES string of the molecule is C=C(C)c1ccc(O)c(CC)c1C(=C)C. The molecule has 0 radical (unpaired) electrons. The highest BCUT2D eigenvalue weighted by Crippen LogP contribution is 2.32. The predicted octanol–water partition coefficient (Wildman–Crippen LogP) is 4.02. The van der Waals surface area contributed by atoms with Crippen LogP contribution in [0.5, 0.6) is 5.75 Å². The van der Waals surface area contributed by atoms with Gasteiger partial charge in [-0.05, 0) is 37.5 Å². The maximum Gasteiger partial charge on any atom is 0.119 e. The number of allylic oxidation sites excluding steroid dienone is 2. The average molecular weight is 202 g/mol. The summed E-state index contributed by atoms with van der Waals surface area (Å²) in [6.07, 6.45) is 0.801. The van der Waals surface area contributed by atoms with Crippen molar-refractivity contribution in [2.24, 2.45) is 0 Å². The Morgan fingerprint density at radius 3 is 2.20 bits per heavy atom. The van der Waals surface area contributed by atoms with Crippen LogP contribution in [-0.4, -0.2) is 5.11 Å². The molecule has 0 saturated heterocycles. The first-order valence-corrected chi connectivity index (χ1v) is 5.15. The lowest BCUT2D eigenvalue weighted by molar-refractivity contribution is 0.468. The van der Waals surface area contributed by atoms with Crippen LogP contribution < -0.4 is 0 Å². The zero-order valence-electron chi connectivity index (χ0n) is 9.72. The third kappa shape index (κ3) is 2.12. The molecule has 0 bridgehead atoms. The van der Waals surface area contributed by atoms with Crippen molar-refractivity contribution in [2.45, 2.75) is 27.2 Å². The molecule has 0 fully saturated rings. The van der Waals surface area contributed by atoms with Crippen LogP contribution in [0, 0.1) is 0 Å². The van der Waals surface area contributed by atoms with E-state index >= 15 is 0 Å². The van der Waals surface area contributed by atoms with Crippen LogP contribution in [0.1, 0.15) is 37.5 Å². The van der Waals surface area contributed by atoms with Gasteiger partial charge in [0.05, 0.1) is 0 Å². The van der Waals surface area contributed by atoms with Crippen molar-refractivity contribution >= 4 is 11.1 Å². The minimum Gasteiger partial charge on any atom is -0.508 e. The molecule has 80 valence electrons. The summed E-state index contributed by atoms with van der Waals surface area (Å²) in [5, 5.41) is 9.78. The lowest BCUT2D eigenvalue weighted by Gasteiger charge is -2.15. The first-order valence-electron chi connectivity index (χ1n) is 5.15. The highest BCUT2D eigenvalue weighted by molar-refractivity contribution is 5.80. The Kier molecular flexibility index (Phi) is 3.35. The van der Waals surface area contributed by atoms with Crippen molar-refractivity contribution in [3.05, 3.63) is 42.0 Å². The summed E-state index contributed by atoms with van der Waals surface area (Å²) in [4.78, 5) is 0. The lowest BCUT2D eigenvalue weighted by atomic mass is 9.91. The molecule has 0 aliphatic heterocycles. The van der Waals surface area contributed by atoms with Crippen LogP contribution in [-0.2, 0) is 6.42 Å². The van der Waals surface area contributed by atoms with Gasteiger partial charge in [-0.15, -0.1) is 0 Å². The van der Waals surface area contributed by atoms with Crippen LogP contribution in [0.15, 0.2) is 25.3 Å². The lowest BCUT2D eigenvalue weighted by Crippen LogP contribution is -1.96. The molecule has 0 aromatic heterocycles.